The molecule has 0 aliphatic heterocycles. The molecule has 1 N–H and O–H groups in total. The second kappa shape index (κ2) is 9.17. The molecule has 1 atom stereocenters. The SMILES string of the molecule is C#CCC(O)C#CCCCCCC. The van der Waals surface area contributed by atoms with Crippen molar-refractivity contribution < 1.29 is 5.11 Å². The van der Waals surface area contributed by atoms with Crippen LogP contribution in [0, 0.1) is 24.2 Å². The van der Waals surface area contributed by atoms with Crippen molar-refractivity contribution in [2.75, 3.05) is 0 Å². The average Bonchev–Trinajstić information content (AvgIpc) is 2.11. The van der Waals surface area contributed by atoms with Gasteiger partial charge < -0.3 is 5.11 Å². The first-order valence-corrected chi connectivity index (χ1v) is 4.91. The van der Waals surface area contributed by atoms with Crippen LogP contribution in [0.1, 0.15) is 45.4 Å². The van der Waals surface area contributed by atoms with Crippen molar-refractivity contribution in [3.05, 3.63) is 0 Å². The zero-order valence-corrected chi connectivity index (χ0v) is 8.34. The Hall–Kier alpha value is -0.920. The van der Waals surface area contributed by atoms with E-state index < -0.39 is 6.10 Å². The van der Waals surface area contributed by atoms with Gasteiger partial charge in [-0.3, -0.25) is 0 Å². The Morgan fingerprint density at radius 1 is 1.31 bits per heavy atom. The van der Waals surface area contributed by atoms with E-state index >= 15 is 0 Å². The van der Waals surface area contributed by atoms with Crippen LogP contribution in [0.3, 0.4) is 0 Å². The van der Waals surface area contributed by atoms with Crippen LogP contribution in [0.2, 0.25) is 0 Å². The molecule has 13 heavy (non-hydrogen) atoms. The Kier molecular flexibility index (Phi) is 8.52. The van der Waals surface area contributed by atoms with E-state index in [1.807, 2.05) is 0 Å². The number of hydrogen-bond donors (Lipinski definition) is 1. The maximum atomic E-state index is 9.14. The summed E-state index contributed by atoms with van der Waals surface area (Å²) in [5.74, 6) is 8.03. The van der Waals surface area contributed by atoms with Crippen molar-refractivity contribution in [2.45, 2.75) is 51.6 Å². The van der Waals surface area contributed by atoms with Gasteiger partial charge in [-0.25, -0.2) is 0 Å². The Morgan fingerprint density at radius 3 is 2.69 bits per heavy atom. The van der Waals surface area contributed by atoms with Crippen molar-refractivity contribution >= 4 is 0 Å². The van der Waals surface area contributed by atoms with E-state index in [1.165, 1.54) is 19.3 Å². The molecule has 0 aliphatic rings. The lowest BCUT2D eigenvalue weighted by Crippen LogP contribution is -1.99. The zero-order valence-electron chi connectivity index (χ0n) is 8.34. The third-order valence-electron chi connectivity index (χ3n) is 1.74. The molecule has 0 radical (unpaired) electrons. The van der Waals surface area contributed by atoms with Gasteiger partial charge in [0.2, 0.25) is 0 Å². The first-order chi connectivity index (χ1) is 6.31. The lowest BCUT2D eigenvalue weighted by atomic mass is 10.1. The van der Waals surface area contributed by atoms with Gasteiger partial charge in [0, 0.05) is 12.8 Å². The molecule has 0 heterocycles. The quantitative estimate of drug-likeness (QED) is 0.506. The molecule has 0 rings (SSSR count). The number of terminal acetylenes is 1. The summed E-state index contributed by atoms with van der Waals surface area (Å²) in [6, 6.07) is 0. The molecule has 0 saturated heterocycles. The fourth-order valence-electron chi connectivity index (χ4n) is 0.993. The van der Waals surface area contributed by atoms with Crippen LogP contribution in [-0.2, 0) is 0 Å². The van der Waals surface area contributed by atoms with Crippen LogP contribution in [0.4, 0.5) is 0 Å². The fourth-order valence-corrected chi connectivity index (χ4v) is 0.993. The average molecular weight is 178 g/mol. The Labute approximate surface area is 81.5 Å². The number of hydrogen-bond acceptors (Lipinski definition) is 1. The van der Waals surface area contributed by atoms with Crippen molar-refractivity contribution in [2.24, 2.45) is 0 Å². The molecule has 0 saturated carbocycles. The van der Waals surface area contributed by atoms with Crippen molar-refractivity contribution in [3.63, 3.8) is 0 Å². The minimum absolute atomic E-state index is 0.335. The van der Waals surface area contributed by atoms with Gasteiger partial charge in [0.1, 0.15) is 6.10 Å². The number of aliphatic hydroxyl groups is 1. The van der Waals surface area contributed by atoms with Crippen LogP contribution < -0.4 is 0 Å². The van der Waals surface area contributed by atoms with Crippen LogP contribution >= 0.6 is 0 Å². The first-order valence-electron chi connectivity index (χ1n) is 4.91. The van der Waals surface area contributed by atoms with E-state index in [-0.39, 0.29) is 0 Å². The Bertz CT molecular complexity index is 201. The highest BCUT2D eigenvalue weighted by molar-refractivity contribution is 5.07. The standard InChI is InChI=1S/C12H18O/c1-3-5-6-7-8-9-11-12(13)10-4-2/h2,12-13H,3,5-8,10H2,1H3. The molecule has 0 aromatic carbocycles. The predicted molar refractivity (Wildman–Crippen MR) is 56.0 cm³/mol. The van der Waals surface area contributed by atoms with E-state index in [2.05, 4.69) is 24.7 Å². The summed E-state index contributed by atoms with van der Waals surface area (Å²) >= 11 is 0. The van der Waals surface area contributed by atoms with Crippen LogP contribution in [-0.4, -0.2) is 11.2 Å². The Balaban J connectivity index is 3.34. The highest BCUT2D eigenvalue weighted by atomic mass is 16.3. The number of aliphatic hydroxyl groups excluding tert-OH is 1. The topological polar surface area (TPSA) is 20.2 Å². The van der Waals surface area contributed by atoms with Gasteiger partial charge in [0.05, 0.1) is 0 Å². The smallest absolute Gasteiger partial charge is 0.125 e. The second-order valence-corrected chi connectivity index (χ2v) is 3.06. The third-order valence-corrected chi connectivity index (χ3v) is 1.74. The van der Waals surface area contributed by atoms with E-state index in [9.17, 15) is 0 Å². The number of rotatable bonds is 5. The lowest BCUT2D eigenvalue weighted by molar-refractivity contribution is 0.239. The molecule has 0 aliphatic carbocycles. The molecule has 0 aromatic heterocycles. The van der Waals surface area contributed by atoms with Gasteiger partial charge in [-0.05, 0) is 6.42 Å². The molecular weight excluding hydrogens is 160 g/mol. The summed E-state index contributed by atoms with van der Waals surface area (Å²) in [7, 11) is 0. The molecular formula is C12H18O. The molecule has 0 bridgehead atoms. The molecule has 72 valence electrons. The lowest BCUT2D eigenvalue weighted by Gasteiger charge is -1.94. The molecule has 0 fully saturated rings. The summed E-state index contributed by atoms with van der Waals surface area (Å²) < 4.78 is 0. The van der Waals surface area contributed by atoms with Gasteiger partial charge >= 0.3 is 0 Å². The molecule has 1 unspecified atom stereocenters. The molecule has 0 aromatic rings. The minimum Gasteiger partial charge on any atom is -0.379 e. The van der Waals surface area contributed by atoms with Gasteiger partial charge in [-0.1, -0.05) is 32.1 Å². The molecule has 0 amide bonds. The summed E-state index contributed by atoms with van der Waals surface area (Å²) in [6.07, 6.45) is 10.5. The van der Waals surface area contributed by atoms with Gasteiger partial charge in [0.15, 0.2) is 0 Å². The zero-order chi connectivity index (χ0) is 9.94. The van der Waals surface area contributed by atoms with Crippen LogP contribution in [0.15, 0.2) is 0 Å². The largest absolute Gasteiger partial charge is 0.379 e. The molecule has 1 heteroatoms. The second-order valence-electron chi connectivity index (χ2n) is 3.06. The minimum atomic E-state index is -0.629. The first kappa shape index (κ1) is 12.1. The van der Waals surface area contributed by atoms with Gasteiger partial charge in [-0.2, -0.15) is 0 Å². The summed E-state index contributed by atoms with van der Waals surface area (Å²) in [4.78, 5) is 0. The highest BCUT2D eigenvalue weighted by Crippen LogP contribution is 2.01. The van der Waals surface area contributed by atoms with Crippen molar-refractivity contribution in [1.29, 1.82) is 0 Å². The number of unbranched alkanes of at least 4 members (excludes halogenated alkanes) is 4. The van der Waals surface area contributed by atoms with Gasteiger partial charge in [-0.15, -0.1) is 18.3 Å². The predicted octanol–water partition coefficient (Wildman–Crippen LogP) is 2.34. The Morgan fingerprint density at radius 2 is 2.08 bits per heavy atom. The molecule has 1 nitrogen and oxygen atoms in total. The van der Waals surface area contributed by atoms with Crippen molar-refractivity contribution in [1.82, 2.24) is 0 Å². The van der Waals surface area contributed by atoms with E-state index in [0.29, 0.717) is 6.42 Å². The van der Waals surface area contributed by atoms with E-state index in [4.69, 9.17) is 11.5 Å². The van der Waals surface area contributed by atoms with E-state index in [0.717, 1.165) is 12.8 Å². The maximum absolute atomic E-state index is 9.14. The highest BCUT2D eigenvalue weighted by Gasteiger charge is 1.92. The maximum Gasteiger partial charge on any atom is 0.125 e. The molecule has 0 spiro atoms. The summed E-state index contributed by atoms with van der Waals surface area (Å²) in [5.41, 5.74) is 0. The third kappa shape index (κ3) is 8.99. The summed E-state index contributed by atoms with van der Waals surface area (Å²) in [5, 5.41) is 9.14. The van der Waals surface area contributed by atoms with Crippen LogP contribution in [0.5, 0.6) is 0 Å². The summed E-state index contributed by atoms with van der Waals surface area (Å²) in [6.45, 7) is 2.18. The van der Waals surface area contributed by atoms with E-state index in [1.54, 1.807) is 0 Å². The van der Waals surface area contributed by atoms with Gasteiger partial charge in [0.25, 0.3) is 0 Å². The fraction of sp³-hybridized carbons (Fsp3) is 0.667. The van der Waals surface area contributed by atoms with Crippen LogP contribution in [0.25, 0.3) is 0 Å². The van der Waals surface area contributed by atoms with Crippen molar-refractivity contribution in [3.8, 4) is 24.2 Å². The normalized spacial score (nSPS) is 11.2. The monoisotopic (exact) mass is 178 g/mol.